The molecular formula is C8H7F3N2O. The fraction of sp³-hybridized carbons (Fsp3) is 0.250. The third kappa shape index (κ3) is 2.72. The zero-order chi connectivity index (χ0) is 10.6. The van der Waals surface area contributed by atoms with Gasteiger partial charge in [-0.25, -0.2) is 0 Å². The van der Waals surface area contributed by atoms with Gasteiger partial charge in [0.2, 0.25) is 0 Å². The highest BCUT2D eigenvalue weighted by atomic mass is 19.4. The zero-order valence-electron chi connectivity index (χ0n) is 7.25. The summed E-state index contributed by atoms with van der Waals surface area (Å²) in [4.78, 5) is 0. The minimum absolute atomic E-state index is 0.00502. The van der Waals surface area contributed by atoms with Gasteiger partial charge in [-0.05, 0) is 6.92 Å². The van der Waals surface area contributed by atoms with Crippen LogP contribution in [-0.4, -0.2) is 10.2 Å². The molecule has 0 amide bonds. The Bertz CT molecular complexity index is 336. The van der Waals surface area contributed by atoms with Gasteiger partial charge in [-0.1, -0.05) is 6.08 Å². The molecule has 6 heteroatoms. The number of rotatable bonds is 2. The average molecular weight is 204 g/mol. The van der Waals surface area contributed by atoms with Crippen LogP contribution in [0.2, 0.25) is 0 Å². The Morgan fingerprint density at radius 3 is 2.71 bits per heavy atom. The van der Waals surface area contributed by atoms with Gasteiger partial charge in [0.1, 0.15) is 5.75 Å². The molecule has 0 fully saturated rings. The largest absolute Gasteiger partial charge is 0.464 e. The maximum atomic E-state index is 12.1. The maximum Gasteiger partial charge on any atom is 0.435 e. The summed E-state index contributed by atoms with van der Waals surface area (Å²) in [5.74, 6) is 0.00502. The predicted octanol–water partition coefficient (Wildman–Crippen LogP) is 2.41. The van der Waals surface area contributed by atoms with Crippen LogP contribution < -0.4 is 4.74 Å². The number of allylic oxidation sites excluding steroid dienone is 1. The molecule has 0 aliphatic rings. The highest BCUT2D eigenvalue weighted by Gasteiger charge is 2.33. The number of hydrogen-bond acceptors (Lipinski definition) is 3. The fourth-order valence-electron chi connectivity index (χ4n) is 0.698. The lowest BCUT2D eigenvalue weighted by Gasteiger charge is -2.05. The molecule has 1 heterocycles. The van der Waals surface area contributed by atoms with Crippen LogP contribution in [0.4, 0.5) is 13.2 Å². The molecule has 1 aromatic heterocycles. The van der Waals surface area contributed by atoms with Crippen molar-refractivity contribution in [3.05, 3.63) is 30.3 Å². The summed E-state index contributed by atoms with van der Waals surface area (Å²) >= 11 is 0. The van der Waals surface area contributed by atoms with Gasteiger partial charge in [0.15, 0.2) is 5.69 Å². The van der Waals surface area contributed by atoms with Crippen molar-refractivity contribution in [3.8, 4) is 5.75 Å². The summed E-state index contributed by atoms with van der Waals surface area (Å²) in [6.45, 7) is 1.68. The Morgan fingerprint density at radius 1 is 1.43 bits per heavy atom. The lowest BCUT2D eigenvalue weighted by atomic mass is 10.4. The zero-order valence-corrected chi connectivity index (χ0v) is 7.25. The quantitative estimate of drug-likeness (QED) is 0.694. The predicted molar refractivity (Wildman–Crippen MR) is 42.5 cm³/mol. The molecule has 0 bridgehead atoms. The summed E-state index contributed by atoms with van der Waals surface area (Å²) in [7, 11) is 0. The first kappa shape index (κ1) is 10.5. The van der Waals surface area contributed by atoms with Crippen molar-refractivity contribution in [3.63, 3.8) is 0 Å². The van der Waals surface area contributed by atoms with E-state index in [2.05, 4.69) is 10.2 Å². The topological polar surface area (TPSA) is 35.0 Å². The van der Waals surface area contributed by atoms with Crippen molar-refractivity contribution in [2.75, 3.05) is 0 Å². The second-order valence-electron chi connectivity index (χ2n) is 2.36. The van der Waals surface area contributed by atoms with Gasteiger partial charge in [0, 0.05) is 6.07 Å². The van der Waals surface area contributed by atoms with E-state index in [9.17, 15) is 13.2 Å². The molecule has 0 aromatic carbocycles. The number of aromatic nitrogens is 2. The first-order valence-electron chi connectivity index (χ1n) is 3.72. The Kier molecular flexibility index (Phi) is 3.06. The van der Waals surface area contributed by atoms with E-state index in [1.54, 1.807) is 13.0 Å². The van der Waals surface area contributed by atoms with E-state index in [0.717, 1.165) is 12.3 Å². The van der Waals surface area contributed by atoms with Crippen molar-refractivity contribution >= 4 is 0 Å². The van der Waals surface area contributed by atoms with Crippen LogP contribution in [-0.2, 0) is 6.18 Å². The molecular weight excluding hydrogens is 197 g/mol. The lowest BCUT2D eigenvalue weighted by Crippen LogP contribution is -2.08. The van der Waals surface area contributed by atoms with Crippen molar-refractivity contribution < 1.29 is 17.9 Å². The molecule has 0 radical (unpaired) electrons. The van der Waals surface area contributed by atoms with Gasteiger partial charge in [0.05, 0.1) is 12.5 Å². The minimum Gasteiger partial charge on any atom is -0.464 e. The Balaban J connectivity index is 2.90. The SMILES string of the molecule is C/C=C\Oc1cnnc(C(F)(F)F)c1. The summed E-state index contributed by atoms with van der Waals surface area (Å²) in [6, 6.07) is 0.785. The highest BCUT2D eigenvalue weighted by Crippen LogP contribution is 2.28. The van der Waals surface area contributed by atoms with Crippen LogP contribution in [0.3, 0.4) is 0 Å². The fourth-order valence-corrected chi connectivity index (χ4v) is 0.698. The number of alkyl halides is 3. The molecule has 1 rings (SSSR count). The van der Waals surface area contributed by atoms with E-state index < -0.39 is 11.9 Å². The van der Waals surface area contributed by atoms with Crippen LogP contribution in [0.5, 0.6) is 5.75 Å². The third-order valence-corrected chi connectivity index (χ3v) is 1.26. The lowest BCUT2D eigenvalue weighted by molar-refractivity contribution is -0.141. The Morgan fingerprint density at radius 2 is 2.14 bits per heavy atom. The standard InChI is InChI=1S/C8H7F3N2O/c1-2-3-14-6-4-7(8(9,10)11)13-12-5-6/h2-5H,1H3/b3-2-. The van der Waals surface area contributed by atoms with E-state index in [4.69, 9.17) is 4.74 Å². The van der Waals surface area contributed by atoms with Gasteiger partial charge in [-0.15, -0.1) is 5.10 Å². The molecule has 0 N–H and O–H groups in total. The average Bonchev–Trinajstić information content (AvgIpc) is 2.14. The van der Waals surface area contributed by atoms with Crippen LogP contribution in [0.1, 0.15) is 12.6 Å². The Hall–Kier alpha value is -1.59. The molecule has 0 aliphatic carbocycles. The first-order valence-corrected chi connectivity index (χ1v) is 3.72. The molecule has 0 atom stereocenters. The number of halogens is 3. The molecule has 0 spiro atoms. The third-order valence-electron chi connectivity index (χ3n) is 1.26. The van der Waals surface area contributed by atoms with E-state index in [-0.39, 0.29) is 5.75 Å². The monoisotopic (exact) mass is 204 g/mol. The molecule has 0 saturated carbocycles. The van der Waals surface area contributed by atoms with Gasteiger partial charge < -0.3 is 4.74 Å². The van der Waals surface area contributed by atoms with Crippen LogP contribution in [0, 0.1) is 0 Å². The summed E-state index contributed by atoms with van der Waals surface area (Å²) in [5.41, 5.74) is -1.07. The molecule has 14 heavy (non-hydrogen) atoms. The van der Waals surface area contributed by atoms with E-state index in [1.807, 2.05) is 0 Å². The second kappa shape index (κ2) is 4.08. The highest BCUT2D eigenvalue weighted by molar-refractivity contribution is 5.21. The molecule has 1 aromatic rings. The Labute approximate surface area is 78.2 Å². The summed E-state index contributed by atoms with van der Waals surface area (Å²) < 4.78 is 41.1. The number of hydrogen-bond donors (Lipinski definition) is 0. The molecule has 0 saturated heterocycles. The van der Waals surface area contributed by atoms with E-state index in [0.29, 0.717) is 0 Å². The molecule has 76 valence electrons. The van der Waals surface area contributed by atoms with Crippen LogP contribution in [0.25, 0.3) is 0 Å². The number of nitrogens with zero attached hydrogens (tertiary/aromatic N) is 2. The number of ether oxygens (including phenoxy) is 1. The smallest absolute Gasteiger partial charge is 0.435 e. The van der Waals surface area contributed by atoms with Crippen LogP contribution in [0.15, 0.2) is 24.6 Å². The molecule has 3 nitrogen and oxygen atoms in total. The first-order chi connectivity index (χ1) is 6.54. The van der Waals surface area contributed by atoms with Crippen molar-refractivity contribution in [2.45, 2.75) is 13.1 Å². The normalized spacial score (nSPS) is 12.0. The summed E-state index contributed by atoms with van der Waals surface area (Å²) in [5, 5.41) is 6.11. The van der Waals surface area contributed by atoms with E-state index >= 15 is 0 Å². The van der Waals surface area contributed by atoms with Gasteiger partial charge in [0.25, 0.3) is 0 Å². The van der Waals surface area contributed by atoms with Crippen LogP contribution >= 0.6 is 0 Å². The van der Waals surface area contributed by atoms with Gasteiger partial charge in [-0.3, -0.25) is 0 Å². The maximum absolute atomic E-state index is 12.1. The molecule has 0 aliphatic heterocycles. The minimum atomic E-state index is -4.50. The van der Waals surface area contributed by atoms with Crippen molar-refractivity contribution in [1.29, 1.82) is 0 Å². The summed E-state index contributed by atoms with van der Waals surface area (Å²) in [6.07, 6.45) is -0.581. The second-order valence-corrected chi connectivity index (χ2v) is 2.36. The van der Waals surface area contributed by atoms with Gasteiger partial charge in [-0.2, -0.15) is 18.3 Å². The van der Waals surface area contributed by atoms with E-state index in [1.165, 1.54) is 6.26 Å². The van der Waals surface area contributed by atoms with Crippen molar-refractivity contribution in [1.82, 2.24) is 10.2 Å². The van der Waals surface area contributed by atoms with Crippen molar-refractivity contribution in [2.24, 2.45) is 0 Å². The molecule has 0 unspecified atom stereocenters. The van der Waals surface area contributed by atoms with Gasteiger partial charge >= 0.3 is 6.18 Å².